The number of rotatable bonds is 2. The second-order valence-electron chi connectivity index (χ2n) is 3.90. The smallest absolute Gasteiger partial charge is 0.236 e. The molecule has 96 valence electrons. The van der Waals surface area contributed by atoms with E-state index < -0.39 is 5.95 Å². The van der Waals surface area contributed by atoms with Crippen LogP contribution in [0.25, 0.3) is 0 Å². The maximum atomic E-state index is 13.6. The Hall–Kier alpha value is -0.950. The van der Waals surface area contributed by atoms with Gasteiger partial charge in [0.1, 0.15) is 5.69 Å². The Bertz CT molecular complexity index is 512. The highest BCUT2D eigenvalue weighted by Crippen LogP contribution is 2.30. The second kappa shape index (κ2) is 5.36. The molecule has 2 rings (SSSR count). The number of anilines is 1. The molecule has 0 N–H and O–H groups in total. The number of pyridine rings is 1. The van der Waals surface area contributed by atoms with Crippen LogP contribution in [-0.2, 0) is 9.59 Å². The molecule has 4 nitrogen and oxygen atoms in total. The first-order valence-electron chi connectivity index (χ1n) is 5.26. The second-order valence-corrected chi connectivity index (χ2v) is 6.30. The largest absolute Gasteiger partial charge is 0.307 e. The van der Waals surface area contributed by atoms with E-state index in [0.717, 1.165) is 11.8 Å². The standard InChI is InChI=1S/C11H10BrFN2O2S/c1-6(16)18-8-3-10(17)15(5-8)9-2-7(12)4-14-11(9)13/h2,4,8H,3,5H2,1H3. The Morgan fingerprint density at radius 2 is 2.39 bits per heavy atom. The summed E-state index contributed by atoms with van der Waals surface area (Å²) < 4.78 is 14.2. The van der Waals surface area contributed by atoms with Gasteiger partial charge in [-0.3, -0.25) is 9.59 Å². The van der Waals surface area contributed by atoms with Gasteiger partial charge in [-0.15, -0.1) is 0 Å². The number of carbonyl (C=O) groups is 2. The molecule has 0 aliphatic carbocycles. The first-order valence-corrected chi connectivity index (χ1v) is 6.93. The average Bonchev–Trinajstić information content (AvgIpc) is 2.62. The highest BCUT2D eigenvalue weighted by molar-refractivity contribution is 9.10. The molecule has 0 aromatic carbocycles. The van der Waals surface area contributed by atoms with Gasteiger partial charge >= 0.3 is 0 Å². The van der Waals surface area contributed by atoms with Crippen LogP contribution in [-0.4, -0.2) is 27.8 Å². The van der Waals surface area contributed by atoms with E-state index in [1.807, 2.05) is 0 Å². The van der Waals surface area contributed by atoms with Crippen LogP contribution in [0.5, 0.6) is 0 Å². The van der Waals surface area contributed by atoms with Crippen molar-refractivity contribution in [1.82, 2.24) is 4.98 Å². The molecule has 0 bridgehead atoms. The lowest BCUT2D eigenvalue weighted by atomic mass is 10.3. The number of amides is 1. The third-order valence-corrected chi connectivity index (χ3v) is 3.91. The Morgan fingerprint density at radius 3 is 3.06 bits per heavy atom. The molecule has 1 atom stereocenters. The zero-order valence-electron chi connectivity index (χ0n) is 9.52. The van der Waals surface area contributed by atoms with Gasteiger partial charge in [-0.05, 0) is 22.0 Å². The number of hydrogen-bond acceptors (Lipinski definition) is 4. The number of carbonyl (C=O) groups excluding carboxylic acids is 2. The fourth-order valence-corrected chi connectivity index (χ4v) is 3.06. The third kappa shape index (κ3) is 2.89. The van der Waals surface area contributed by atoms with E-state index in [1.165, 1.54) is 24.1 Å². The van der Waals surface area contributed by atoms with E-state index >= 15 is 0 Å². The molecule has 1 aromatic rings. The van der Waals surface area contributed by atoms with Gasteiger partial charge in [0, 0.05) is 35.8 Å². The number of nitrogens with zero attached hydrogens (tertiary/aromatic N) is 2. The number of halogens is 2. The average molecular weight is 333 g/mol. The summed E-state index contributed by atoms with van der Waals surface area (Å²) in [5.74, 6) is -0.868. The monoisotopic (exact) mass is 332 g/mol. The first-order chi connectivity index (χ1) is 8.47. The van der Waals surface area contributed by atoms with Crippen LogP contribution in [0.2, 0.25) is 0 Å². The molecule has 0 spiro atoms. The summed E-state index contributed by atoms with van der Waals surface area (Å²) in [5, 5.41) is -0.157. The SMILES string of the molecule is CC(=O)SC1CC(=O)N(c2cc(Br)cnc2F)C1. The van der Waals surface area contributed by atoms with Crippen molar-refractivity contribution in [2.24, 2.45) is 0 Å². The fraction of sp³-hybridized carbons (Fsp3) is 0.364. The highest BCUT2D eigenvalue weighted by Gasteiger charge is 2.33. The molecule has 1 unspecified atom stereocenters. The fourth-order valence-electron chi connectivity index (χ4n) is 1.82. The number of hydrogen-bond donors (Lipinski definition) is 0. The van der Waals surface area contributed by atoms with Gasteiger partial charge in [0.15, 0.2) is 5.12 Å². The molecule has 1 fully saturated rings. The summed E-state index contributed by atoms with van der Waals surface area (Å²) in [5.41, 5.74) is 0.154. The molecule has 1 saturated heterocycles. The van der Waals surface area contributed by atoms with E-state index in [2.05, 4.69) is 20.9 Å². The van der Waals surface area contributed by atoms with Crippen molar-refractivity contribution in [3.05, 3.63) is 22.7 Å². The number of thioether (sulfide) groups is 1. The normalized spacial score (nSPS) is 19.4. The van der Waals surface area contributed by atoms with Crippen molar-refractivity contribution >= 4 is 44.4 Å². The Morgan fingerprint density at radius 1 is 1.67 bits per heavy atom. The Kier molecular flexibility index (Phi) is 4.01. The van der Waals surface area contributed by atoms with Crippen molar-refractivity contribution < 1.29 is 14.0 Å². The van der Waals surface area contributed by atoms with Gasteiger partial charge in [0.2, 0.25) is 11.9 Å². The van der Waals surface area contributed by atoms with E-state index in [1.54, 1.807) is 0 Å². The predicted molar refractivity (Wildman–Crippen MR) is 70.9 cm³/mol. The zero-order chi connectivity index (χ0) is 13.3. The Labute approximate surface area is 116 Å². The van der Waals surface area contributed by atoms with Gasteiger partial charge < -0.3 is 4.90 Å². The van der Waals surface area contributed by atoms with Crippen molar-refractivity contribution in [3.63, 3.8) is 0 Å². The van der Waals surface area contributed by atoms with Gasteiger partial charge in [-0.1, -0.05) is 11.8 Å². The summed E-state index contributed by atoms with van der Waals surface area (Å²) in [6, 6.07) is 1.51. The van der Waals surface area contributed by atoms with Crippen LogP contribution in [0.15, 0.2) is 16.7 Å². The summed E-state index contributed by atoms with van der Waals surface area (Å²) >= 11 is 4.31. The van der Waals surface area contributed by atoms with Crippen LogP contribution in [0, 0.1) is 5.95 Å². The Balaban J connectivity index is 2.21. The minimum Gasteiger partial charge on any atom is -0.307 e. The first kappa shape index (κ1) is 13.5. The topological polar surface area (TPSA) is 50.3 Å². The molecule has 1 aliphatic rings. The molecule has 0 radical (unpaired) electrons. The summed E-state index contributed by atoms with van der Waals surface area (Å²) in [4.78, 5) is 27.7. The molecule has 1 amide bonds. The van der Waals surface area contributed by atoms with Gasteiger partial charge in [-0.2, -0.15) is 4.39 Å². The lowest BCUT2D eigenvalue weighted by Gasteiger charge is -2.16. The lowest BCUT2D eigenvalue weighted by Crippen LogP contribution is -2.26. The van der Waals surface area contributed by atoms with Crippen LogP contribution >= 0.6 is 27.7 Å². The third-order valence-electron chi connectivity index (χ3n) is 2.50. The minimum atomic E-state index is -0.681. The number of aromatic nitrogens is 1. The van der Waals surface area contributed by atoms with Crippen molar-refractivity contribution in [1.29, 1.82) is 0 Å². The summed E-state index contributed by atoms with van der Waals surface area (Å²) in [6.45, 7) is 1.79. The summed E-state index contributed by atoms with van der Waals surface area (Å²) in [7, 11) is 0. The molecule has 0 saturated carbocycles. The lowest BCUT2D eigenvalue weighted by molar-refractivity contribution is -0.117. The van der Waals surface area contributed by atoms with Crippen LogP contribution in [0.1, 0.15) is 13.3 Å². The van der Waals surface area contributed by atoms with E-state index in [4.69, 9.17) is 0 Å². The highest BCUT2D eigenvalue weighted by atomic mass is 79.9. The van der Waals surface area contributed by atoms with E-state index in [0.29, 0.717) is 11.0 Å². The summed E-state index contributed by atoms with van der Waals surface area (Å²) in [6.07, 6.45) is 1.58. The minimum absolute atomic E-state index is 0.0394. The quantitative estimate of drug-likeness (QED) is 0.780. The molecule has 1 aliphatic heterocycles. The maximum absolute atomic E-state index is 13.6. The maximum Gasteiger partial charge on any atom is 0.236 e. The van der Waals surface area contributed by atoms with Crippen LogP contribution < -0.4 is 4.90 Å². The van der Waals surface area contributed by atoms with Gasteiger partial charge in [0.05, 0.1) is 0 Å². The molecular formula is C11H10BrFN2O2S. The van der Waals surface area contributed by atoms with Crippen molar-refractivity contribution in [2.45, 2.75) is 18.6 Å². The van der Waals surface area contributed by atoms with Crippen LogP contribution in [0.4, 0.5) is 10.1 Å². The van der Waals surface area contributed by atoms with Gasteiger partial charge in [0.25, 0.3) is 0 Å². The van der Waals surface area contributed by atoms with Crippen molar-refractivity contribution in [2.75, 3.05) is 11.4 Å². The van der Waals surface area contributed by atoms with E-state index in [-0.39, 0.29) is 28.4 Å². The zero-order valence-corrected chi connectivity index (χ0v) is 11.9. The molecule has 1 aromatic heterocycles. The molecule has 2 heterocycles. The predicted octanol–water partition coefficient (Wildman–Crippen LogP) is 2.37. The van der Waals surface area contributed by atoms with Gasteiger partial charge in [-0.25, -0.2) is 4.98 Å². The molecule has 18 heavy (non-hydrogen) atoms. The van der Waals surface area contributed by atoms with Crippen molar-refractivity contribution in [3.8, 4) is 0 Å². The molecular weight excluding hydrogens is 323 g/mol. The van der Waals surface area contributed by atoms with Crippen LogP contribution in [0.3, 0.4) is 0 Å². The van der Waals surface area contributed by atoms with E-state index in [9.17, 15) is 14.0 Å². The molecule has 7 heteroatoms.